The molecule has 1 aromatic heterocycles. The van der Waals surface area contributed by atoms with Crippen LogP contribution in [0.15, 0.2) is 84.5 Å². The van der Waals surface area contributed by atoms with E-state index < -0.39 is 11.7 Å². The van der Waals surface area contributed by atoms with Crippen LogP contribution in [-0.2, 0) is 0 Å². The van der Waals surface area contributed by atoms with Gasteiger partial charge in [0.1, 0.15) is 0 Å². The summed E-state index contributed by atoms with van der Waals surface area (Å²) in [5.41, 5.74) is 4.12. The molecule has 0 saturated heterocycles. The molecule has 6 nitrogen and oxygen atoms in total. The van der Waals surface area contributed by atoms with E-state index in [1.165, 1.54) is 0 Å². The van der Waals surface area contributed by atoms with Crippen molar-refractivity contribution < 1.29 is 8.78 Å². The van der Waals surface area contributed by atoms with E-state index in [4.69, 9.17) is 0 Å². The number of rotatable bonds is 9. The Labute approximate surface area is 186 Å². The van der Waals surface area contributed by atoms with Crippen molar-refractivity contribution in [3.8, 4) is 11.4 Å². The second-order valence-electron chi connectivity index (χ2n) is 7.23. The quantitative estimate of drug-likeness (QED) is 0.360. The number of nitrogens with zero attached hydrogens (tertiary/aromatic N) is 3. The topological polar surface area (TPSA) is 68.9 Å². The summed E-state index contributed by atoms with van der Waals surface area (Å²) < 4.78 is 26.5. The summed E-state index contributed by atoms with van der Waals surface area (Å²) in [5, 5.41) is 13.6. The number of anilines is 4. The average Bonchev–Trinajstić information content (AvgIpc) is 3.25. The van der Waals surface area contributed by atoms with Gasteiger partial charge in [-0.15, -0.1) is 5.10 Å². The molecule has 0 aliphatic heterocycles. The lowest BCUT2D eigenvalue weighted by Crippen LogP contribution is -2.08. The highest BCUT2D eigenvalue weighted by Crippen LogP contribution is 2.27. The van der Waals surface area contributed by atoms with Gasteiger partial charge in [-0.05, 0) is 55.0 Å². The zero-order chi connectivity index (χ0) is 23.1. The first kappa shape index (κ1) is 22.7. The first-order chi connectivity index (χ1) is 15.4. The summed E-state index contributed by atoms with van der Waals surface area (Å²) >= 11 is 0. The third kappa shape index (κ3) is 5.81. The van der Waals surface area contributed by atoms with Gasteiger partial charge in [-0.2, -0.15) is 4.98 Å². The Morgan fingerprint density at radius 1 is 1.12 bits per heavy atom. The highest BCUT2D eigenvalue weighted by atomic mass is 19.2. The maximum atomic E-state index is 13.6. The van der Waals surface area contributed by atoms with Crippen LogP contribution in [0.25, 0.3) is 11.4 Å². The van der Waals surface area contributed by atoms with Crippen LogP contribution in [0.4, 0.5) is 31.8 Å². The number of para-hydroxylation sites is 1. The van der Waals surface area contributed by atoms with Crippen LogP contribution < -0.4 is 15.5 Å². The number of allylic oxidation sites excluding steroid dienone is 3. The first-order valence-corrected chi connectivity index (χ1v) is 10.0. The van der Waals surface area contributed by atoms with Gasteiger partial charge in [-0.25, -0.2) is 8.78 Å². The number of hydrogen-bond acceptors (Lipinski definition) is 5. The van der Waals surface area contributed by atoms with Crippen molar-refractivity contribution in [2.75, 3.05) is 36.2 Å². The van der Waals surface area contributed by atoms with E-state index in [0.29, 0.717) is 23.9 Å². The Bertz CT molecular complexity index is 1130. The van der Waals surface area contributed by atoms with E-state index in [1.54, 1.807) is 13.0 Å². The van der Waals surface area contributed by atoms with Crippen molar-refractivity contribution in [3.63, 3.8) is 0 Å². The third-order valence-corrected chi connectivity index (χ3v) is 4.73. The second kappa shape index (κ2) is 10.4. The molecule has 0 saturated carbocycles. The zero-order valence-electron chi connectivity index (χ0n) is 18.3. The molecule has 0 atom stereocenters. The van der Waals surface area contributed by atoms with E-state index in [-0.39, 0.29) is 0 Å². The lowest BCUT2D eigenvalue weighted by Gasteiger charge is -2.12. The van der Waals surface area contributed by atoms with E-state index >= 15 is 0 Å². The minimum Gasteiger partial charge on any atom is -0.380 e. The normalized spacial score (nSPS) is 11.9. The lowest BCUT2D eigenvalue weighted by atomic mass is 10.1. The summed E-state index contributed by atoms with van der Waals surface area (Å²) in [4.78, 5) is 6.56. The van der Waals surface area contributed by atoms with Crippen molar-refractivity contribution >= 4 is 23.0 Å². The molecule has 166 valence electrons. The van der Waals surface area contributed by atoms with Gasteiger partial charge in [0, 0.05) is 43.3 Å². The fourth-order valence-corrected chi connectivity index (χ4v) is 2.93. The van der Waals surface area contributed by atoms with Crippen molar-refractivity contribution in [1.82, 2.24) is 15.2 Å². The van der Waals surface area contributed by atoms with E-state index in [9.17, 15) is 8.78 Å². The van der Waals surface area contributed by atoms with Gasteiger partial charge in [0.15, 0.2) is 17.5 Å². The van der Waals surface area contributed by atoms with Gasteiger partial charge in [0.2, 0.25) is 5.95 Å². The highest BCUT2D eigenvalue weighted by molar-refractivity contribution is 5.74. The Morgan fingerprint density at radius 3 is 2.50 bits per heavy atom. The lowest BCUT2D eigenvalue weighted by molar-refractivity contribution is 0.547. The molecule has 32 heavy (non-hydrogen) atoms. The number of aromatic amines is 1. The van der Waals surface area contributed by atoms with E-state index in [1.807, 2.05) is 67.5 Å². The van der Waals surface area contributed by atoms with E-state index in [0.717, 1.165) is 28.7 Å². The van der Waals surface area contributed by atoms with Gasteiger partial charge in [-0.1, -0.05) is 24.8 Å². The standard InChI is InChI=1S/C24H26F2N6/c1-5-17(14-21(26)16(2)25)15-27-22-9-7-6-8-20(22)23-29-24(31-30-23)28-18-10-12-19(13-11-18)32(3)4/h5-14,27H,2,15H2,1,3-4H3,(H2,28,29,30,31)/b17-5?,21-14+. The van der Waals surface area contributed by atoms with Crippen molar-refractivity contribution in [2.24, 2.45) is 0 Å². The molecule has 2 aromatic carbocycles. The molecular formula is C24H26F2N6. The SMILES string of the molecule is C=C(F)/C(F)=C\C(=CC)CNc1ccccc1-c1nc(Nc2ccc(N(C)C)cc2)n[nH]1. The summed E-state index contributed by atoms with van der Waals surface area (Å²) in [6.45, 7) is 5.03. The van der Waals surface area contributed by atoms with Gasteiger partial charge in [-0.3, -0.25) is 5.10 Å². The van der Waals surface area contributed by atoms with Crippen molar-refractivity contribution in [1.29, 1.82) is 0 Å². The molecule has 0 aliphatic rings. The van der Waals surface area contributed by atoms with Crippen LogP contribution in [0.5, 0.6) is 0 Å². The van der Waals surface area contributed by atoms with Gasteiger partial charge in [0.05, 0.1) is 0 Å². The number of nitrogens with one attached hydrogen (secondary N) is 3. The molecule has 8 heteroatoms. The summed E-state index contributed by atoms with van der Waals surface area (Å²) in [6, 6.07) is 15.5. The van der Waals surface area contributed by atoms with Crippen LogP contribution in [-0.4, -0.2) is 35.8 Å². The van der Waals surface area contributed by atoms with Crippen LogP contribution in [0, 0.1) is 0 Å². The molecule has 3 N–H and O–H groups in total. The first-order valence-electron chi connectivity index (χ1n) is 10.0. The zero-order valence-corrected chi connectivity index (χ0v) is 18.3. The molecular weight excluding hydrogens is 410 g/mol. The molecule has 3 aromatic rings. The maximum absolute atomic E-state index is 13.6. The number of benzene rings is 2. The average molecular weight is 437 g/mol. The minimum atomic E-state index is -1.09. The molecule has 1 heterocycles. The number of hydrogen-bond donors (Lipinski definition) is 3. The summed E-state index contributed by atoms with van der Waals surface area (Å²) in [5.74, 6) is -1.07. The predicted molar refractivity (Wildman–Crippen MR) is 128 cm³/mol. The molecule has 0 bridgehead atoms. The maximum Gasteiger partial charge on any atom is 0.246 e. The van der Waals surface area contributed by atoms with Gasteiger partial charge in [0.25, 0.3) is 0 Å². The van der Waals surface area contributed by atoms with Crippen molar-refractivity contribution in [3.05, 3.63) is 84.5 Å². The fraction of sp³-hybridized carbons (Fsp3) is 0.167. The Morgan fingerprint density at radius 2 is 1.84 bits per heavy atom. The monoisotopic (exact) mass is 436 g/mol. The summed E-state index contributed by atoms with van der Waals surface area (Å²) in [7, 11) is 3.97. The van der Waals surface area contributed by atoms with Crippen LogP contribution in [0.1, 0.15) is 6.92 Å². The molecule has 0 radical (unpaired) electrons. The number of halogens is 2. The molecule has 0 amide bonds. The van der Waals surface area contributed by atoms with Crippen LogP contribution in [0.2, 0.25) is 0 Å². The predicted octanol–water partition coefficient (Wildman–Crippen LogP) is 5.98. The highest BCUT2D eigenvalue weighted by Gasteiger charge is 2.11. The Kier molecular flexibility index (Phi) is 7.38. The van der Waals surface area contributed by atoms with Gasteiger partial charge < -0.3 is 15.5 Å². The molecule has 0 fully saturated rings. The Balaban J connectivity index is 1.74. The Hall–Kier alpha value is -3.94. The number of H-pyrrole nitrogens is 1. The molecule has 0 spiro atoms. The molecule has 0 aliphatic carbocycles. The van der Waals surface area contributed by atoms with Crippen LogP contribution >= 0.6 is 0 Å². The fourth-order valence-electron chi connectivity index (χ4n) is 2.93. The van der Waals surface area contributed by atoms with E-state index in [2.05, 4.69) is 32.4 Å². The largest absolute Gasteiger partial charge is 0.380 e. The minimum absolute atomic E-state index is 0.297. The second-order valence-corrected chi connectivity index (χ2v) is 7.23. The van der Waals surface area contributed by atoms with Crippen molar-refractivity contribution in [2.45, 2.75) is 6.92 Å². The molecule has 0 unspecified atom stereocenters. The number of aromatic nitrogens is 3. The molecule has 3 rings (SSSR count). The van der Waals surface area contributed by atoms with Gasteiger partial charge >= 0.3 is 0 Å². The third-order valence-electron chi connectivity index (χ3n) is 4.73. The smallest absolute Gasteiger partial charge is 0.246 e. The summed E-state index contributed by atoms with van der Waals surface area (Å²) in [6.07, 6.45) is 2.83. The van der Waals surface area contributed by atoms with Crippen LogP contribution in [0.3, 0.4) is 0 Å².